The quantitative estimate of drug-likeness (QED) is 0.627. The summed E-state index contributed by atoms with van der Waals surface area (Å²) < 4.78 is 4.49. The summed E-state index contributed by atoms with van der Waals surface area (Å²) in [6, 6.07) is 6.63. The lowest BCUT2D eigenvalue weighted by Crippen LogP contribution is -2.34. The molecule has 25 heavy (non-hydrogen) atoms. The molecule has 0 radical (unpaired) electrons. The maximum atomic E-state index is 12.1. The minimum Gasteiger partial charge on any atom is -0.469 e. The van der Waals surface area contributed by atoms with Gasteiger partial charge in [-0.2, -0.15) is 0 Å². The van der Waals surface area contributed by atoms with E-state index in [2.05, 4.69) is 34.1 Å². The molecule has 1 aromatic rings. The lowest BCUT2D eigenvalue weighted by atomic mass is 10.2. The van der Waals surface area contributed by atoms with Gasteiger partial charge >= 0.3 is 5.97 Å². The predicted molar refractivity (Wildman–Crippen MR) is 96.4 cm³/mol. The molecular formula is C18H27N3O4. The number of esters is 1. The van der Waals surface area contributed by atoms with Crippen LogP contribution in [0.3, 0.4) is 0 Å². The van der Waals surface area contributed by atoms with Crippen LogP contribution in [-0.4, -0.2) is 56.0 Å². The van der Waals surface area contributed by atoms with E-state index >= 15 is 0 Å². The molecule has 0 aliphatic heterocycles. The SMILES string of the molecule is CCN(CC)CCNC(=O)c1ccc(NC(=O)CCC(=O)OC)cc1. The van der Waals surface area contributed by atoms with Crippen molar-refractivity contribution in [1.29, 1.82) is 0 Å². The Kier molecular flexibility index (Phi) is 9.24. The highest BCUT2D eigenvalue weighted by Gasteiger charge is 2.09. The van der Waals surface area contributed by atoms with Crippen LogP contribution in [0.2, 0.25) is 0 Å². The van der Waals surface area contributed by atoms with Gasteiger partial charge in [0.1, 0.15) is 0 Å². The van der Waals surface area contributed by atoms with Crippen LogP contribution in [0.5, 0.6) is 0 Å². The summed E-state index contributed by atoms with van der Waals surface area (Å²) in [6.07, 6.45) is 0.0929. The lowest BCUT2D eigenvalue weighted by molar-refractivity contribution is -0.141. The van der Waals surface area contributed by atoms with Crippen LogP contribution in [0.15, 0.2) is 24.3 Å². The van der Waals surface area contributed by atoms with Gasteiger partial charge in [-0.05, 0) is 37.4 Å². The number of carbonyl (C=O) groups is 3. The molecule has 0 atom stereocenters. The zero-order chi connectivity index (χ0) is 18.7. The second-order valence-electron chi connectivity index (χ2n) is 5.48. The van der Waals surface area contributed by atoms with Crippen LogP contribution in [0.1, 0.15) is 37.0 Å². The van der Waals surface area contributed by atoms with Crippen molar-refractivity contribution in [2.75, 3.05) is 38.6 Å². The van der Waals surface area contributed by atoms with Crippen molar-refractivity contribution in [2.24, 2.45) is 0 Å². The topological polar surface area (TPSA) is 87.7 Å². The first-order valence-electron chi connectivity index (χ1n) is 8.47. The Hall–Kier alpha value is -2.41. The van der Waals surface area contributed by atoms with Gasteiger partial charge in [-0.25, -0.2) is 0 Å². The summed E-state index contributed by atoms with van der Waals surface area (Å²) in [4.78, 5) is 37.0. The molecule has 0 saturated heterocycles. The highest BCUT2D eigenvalue weighted by molar-refractivity contribution is 5.96. The molecule has 0 heterocycles. The van der Waals surface area contributed by atoms with Gasteiger partial charge < -0.3 is 20.3 Å². The van der Waals surface area contributed by atoms with Gasteiger partial charge in [0.25, 0.3) is 5.91 Å². The molecule has 0 saturated carbocycles. The largest absolute Gasteiger partial charge is 0.469 e. The zero-order valence-electron chi connectivity index (χ0n) is 15.1. The van der Waals surface area contributed by atoms with E-state index in [9.17, 15) is 14.4 Å². The van der Waals surface area contributed by atoms with Crippen LogP contribution in [0.25, 0.3) is 0 Å². The summed E-state index contributed by atoms with van der Waals surface area (Å²) in [6.45, 7) is 7.49. The van der Waals surface area contributed by atoms with Gasteiger partial charge in [-0.3, -0.25) is 14.4 Å². The van der Waals surface area contributed by atoms with Crippen molar-refractivity contribution < 1.29 is 19.1 Å². The molecule has 0 unspecified atom stereocenters. The monoisotopic (exact) mass is 349 g/mol. The van der Waals surface area contributed by atoms with Crippen molar-refractivity contribution in [1.82, 2.24) is 10.2 Å². The third-order valence-electron chi connectivity index (χ3n) is 3.82. The fourth-order valence-corrected chi connectivity index (χ4v) is 2.22. The van der Waals surface area contributed by atoms with E-state index in [1.54, 1.807) is 24.3 Å². The Bertz CT molecular complexity index is 568. The average molecular weight is 349 g/mol. The van der Waals surface area contributed by atoms with E-state index in [4.69, 9.17) is 0 Å². The molecule has 0 aliphatic rings. The number of amides is 2. The normalized spacial score (nSPS) is 10.4. The molecule has 0 aliphatic carbocycles. The van der Waals surface area contributed by atoms with Crippen molar-refractivity contribution in [3.63, 3.8) is 0 Å². The molecule has 7 heteroatoms. The standard InChI is InChI=1S/C18H27N3O4/c1-4-21(5-2)13-12-19-18(24)14-6-8-15(9-7-14)20-16(22)10-11-17(23)25-3/h6-9H,4-5,10-13H2,1-3H3,(H,19,24)(H,20,22). The Morgan fingerprint density at radius 1 is 1.04 bits per heavy atom. The van der Waals surface area contributed by atoms with Crippen LogP contribution in [0.4, 0.5) is 5.69 Å². The van der Waals surface area contributed by atoms with Crippen LogP contribution in [-0.2, 0) is 14.3 Å². The van der Waals surface area contributed by atoms with Crippen molar-refractivity contribution in [2.45, 2.75) is 26.7 Å². The number of nitrogens with one attached hydrogen (secondary N) is 2. The molecule has 2 N–H and O–H groups in total. The first kappa shape index (κ1) is 20.6. The molecular weight excluding hydrogens is 322 g/mol. The number of ether oxygens (including phenoxy) is 1. The number of rotatable bonds is 10. The van der Waals surface area contributed by atoms with Crippen molar-refractivity contribution in [3.8, 4) is 0 Å². The van der Waals surface area contributed by atoms with E-state index in [1.165, 1.54) is 7.11 Å². The van der Waals surface area contributed by atoms with E-state index < -0.39 is 5.97 Å². The van der Waals surface area contributed by atoms with E-state index in [-0.39, 0.29) is 24.7 Å². The van der Waals surface area contributed by atoms with Crippen LogP contribution >= 0.6 is 0 Å². The summed E-state index contributed by atoms with van der Waals surface area (Å²) >= 11 is 0. The van der Waals surface area contributed by atoms with E-state index in [0.29, 0.717) is 17.8 Å². The zero-order valence-corrected chi connectivity index (χ0v) is 15.1. The molecule has 0 bridgehead atoms. The highest BCUT2D eigenvalue weighted by atomic mass is 16.5. The van der Waals surface area contributed by atoms with Crippen LogP contribution < -0.4 is 10.6 Å². The highest BCUT2D eigenvalue weighted by Crippen LogP contribution is 2.10. The summed E-state index contributed by atoms with van der Waals surface area (Å²) in [5, 5.41) is 5.55. The molecule has 1 rings (SSSR count). The third kappa shape index (κ3) is 7.80. The Morgan fingerprint density at radius 2 is 1.68 bits per heavy atom. The van der Waals surface area contributed by atoms with Gasteiger partial charge in [0.2, 0.25) is 5.91 Å². The first-order chi connectivity index (χ1) is 12.0. The van der Waals surface area contributed by atoms with E-state index in [0.717, 1.165) is 19.6 Å². The molecule has 2 amide bonds. The number of likely N-dealkylation sites (N-methyl/N-ethyl adjacent to an activating group) is 1. The van der Waals surface area contributed by atoms with Gasteiger partial charge in [0.15, 0.2) is 0 Å². The fourth-order valence-electron chi connectivity index (χ4n) is 2.22. The van der Waals surface area contributed by atoms with Crippen molar-refractivity contribution in [3.05, 3.63) is 29.8 Å². The van der Waals surface area contributed by atoms with Gasteiger partial charge in [-0.15, -0.1) is 0 Å². The molecule has 0 aromatic heterocycles. The summed E-state index contributed by atoms with van der Waals surface area (Å²) in [7, 11) is 1.28. The number of methoxy groups -OCH3 is 1. The molecule has 138 valence electrons. The number of hydrogen-bond acceptors (Lipinski definition) is 5. The molecule has 0 spiro atoms. The Morgan fingerprint density at radius 3 is 2.24 bits per heavy atom. The maximum Gasteiger partial charge on any atom is 0.306 e. The predicted octanol–water partition coefficient (Wildman–Crippen LogP) is 1.65. The Labute approximate surface area is 148 Å². The number of carbonyl (C=O) groups excluding carboxylic acids is 3. The number of benzene rings is 1. The number of anilines is 1. The number of hydrogen-bond donors (Lipinski definition) is 2. The minimum absolute atomic E-state index is 0.0371. The molecule has 0 fully saturated rings. The van der Waals surface area contributed by atoms with E-state index in [1.807, 2.05) is 0 Å². The average Bonchev–Trinajstić information content (AvgIpc) is 2.63. The van der Waals surface area contributed by atoms with Gasteiger partial charge in [0, 0.05) is 30.8 Å². The summed E-state index contributed by atoms with van der Waals surface area (Å²) in [5.74, 6) is -0.843. The third-order valence-corrected chi connectivity index (χ3v) is 3.82. The fraction of sp³-hybridized carbons (Fsp3) is 0.500. The Balaban J connectivity index is 2.43. The first-order valence-corrected chi connectivity index (χ1v) is 8.47. The summed E-state index contributed by atoms with van der Waals surface area (Å²) in [5.41, 5.74) is 1.11. The second-order valence-corrected chi connectivity index (χ2v) is 5.48. The lowest BCUT2D eigenvalue weighted by Gasteiger charge is -2.17. The smallest absolute Gasteiger partial charge is 0.306 e. The number of nitrogens with zero attached hydrogens (tertiary/aromatic N) is 1. The molecule has 7 nitrogen and oxygen atoms in total. The van der Waals surface area contributed by atoms with Crippen molar-refractivity contribution >= 4 is 23.5 Å². The van der Waals surface area contributed by atoms with Crippen LogP contribution in [0, 0.1) is 0 Å². The maximum absolute atomic E-state index is 12.1. The molecule has 1 aromatic carbocycles. The van der Waals surface area contributed by atoms with Gasteiger partial charge in [-0.1, -0.05) is 13.8 Å². The van der Waals surface area contributed by atoms with Gasteiger partial charge in [0.05, 0.1) is 13.5 Å². The minimum atomic E-state index is -0.424. The second kappa shape index (κ2) is 11.2.